The monoisotopic (exact) mass is 595 g/mol. The minimum absolute atomic E-state index is 0.0268. The molecule has 0 bridgehead atoms. The number of ether oxygens (including phenoxy) is 1. The van der Waals surface area contributed by atoms with Gasteiger partial charge in [-0.25, -0.2) is 0 Å². The lowest BCUT2D eigenvalue weighted by Gasteiger charge is -2.32. The van der Waals surface area contributed by atoms with E-state index in [1.807, 2.05) is 92.7 Å². The zero-order valence-corrected chi connectivity index (χ0v) is 25.6. The topological polar surface area (TPSA) is 94.2 Å². The first-order chi connectivity index (χ1) is 21.4. The van der Waals surface area contributed by atoms with Crippen LogP contribution < -0.4 is 30.3 Å². The van der Waals surface area contributed by atoms with Gasteiger partial charge in [0.05, 0.1) is 18.5 Å². The molecule has 3 aliphatic rings. The molecule has 3 aromatic rings. The second-order valence-corrected chi connectivity index (χ2v) is 12.2. The van der Waals surface area contributed by atoms with Crippen LogP contribution in [0.15, 0.2) is 78.9 Å². The highest BCUT2D eigenvalue weighted by atomic mass is 16.5. The standard InChI is InChI=1S/C35H41N5O4/c1-23(2)39(25-17-19-26(44-3)20-18-25)33(41)22-38-31-15-9-10-16-32(31)40(24-11-5-4-6-12-24)35(43)28(34(38)42)21-30-27-13-7-8-14-29(27)36-37-30/h4-6,9-12,15-20,23,27-30,36-37H,7-8,13-14,21-22H2,1-3H3. The fourth-order valence-corrected chi connectivity index (χ4v) is 7.09. The van der Waals surface area contributed by atoms with Crippen LogP contribution in [0.4, 0.5) is 22.7 Å². The number of fused-ring (bicyclic) bond motifs is 2. The van der Waals surface area contributed by atoms with Crippen molar-refractivity contribution in [2.45, 2.75) is 64.1 Å². The van der Waals surface area contributed by atoms with E-state index in [0.29, 0.717) is 46.9 Å². The number of amides is 3. The van der Waals surface area contributed by atoms with Crippen molar-refractivity contribution < 1.29 is 19.1 Å². The van der Waals surface area contributed by atoms with E-state index in [2.05, 4.69) is 10.9 Å². The number of hydrogen-bond donors (Lipinski definition) is 2. The summed E-state index contributed by atoms with van der Waals surface area (Å²) >= 11 is 0. The predicted molar refractivity (Wildman–Crippen MR) is 172 cm³/mol. The lowest BCUT2D eigenvalue weighted by atomic mass is 9.78. The molecule has 9 nitrogen and oxygen atoms in total. The fourth-order valence-electron chi connectivity index (χ4n) is 7.09. The Balaban J connectivity index is 1.39. The molecule has 0 aromatic heterocycles. The molecular weight excluding hydrogens is 554 g/mol. The van der Waals surface area contributed by atoms with Gasteiger partial charge in [0.2, 0.25) is 17.7 Å². The van der Waals surface area contributed by atoms with Crippen LogP contribution >= 0.6 is 0 Å². The van der Waals surface area contributed by atoms with Gasteiger partial charge in [-0.15, -0.1) is 0 Å². The van der Waals surface area contributed by atoms with Crippen molar-refractivity contribution in [3.05, 3.63) is 78.9 Å². The molecule has 2 N–H and O–H groups in total. The van der Waals surface area contributed by atoms with E-state index in [0.717, 1.165) is 19.3 Å². The van der Waals surface area contributed by atoms with Crippen LogP contribution in [-0.4, -0.2) is 49.5 Å². The lowest BCUT2D eigenvalue weighted by molar-refractivity contribution is -0.133. The average Bonchev–Trinajstić information content (AvgIpc) is 3.43. The molecule has 2 aliphatic heterocycles. The molecule has 230 valence electrons. The van der Waals surface area contributed by atoms with Crippen molar-refractivity contribution in [2.75, 3.05) is 28.4 Å². The van der Waals surface area contributed by atoms with Gasteiger partial charge in [-0.1, -0.05) is 43.2 Å². The number of benzene rings is 3. The molecule has 3 aromatic carbocycles. The van der Waals surface area contributed by atoms with E-state index >= 15 is 0 Å². The number of nitrogens with zero attached hydrogens (tertiary/aromatic N) is 3. The van der Waals surface area contributed by atoms with Gasteiger partial charge in [0, 0.05) is 29.5 Å². The molecule has 1 aliphatic carbocycles. The van der Waals surface area contributed by atoms with Gasteiger partial charge in [0.25, 0.3) is 0 Å². The van der Waals surface area contributed by atoms with Crippen molar-refractivity contribution in [1.29, 1.82) is 0 Å². The smallest absolute Gasteiger partial charge is 0.247 e. The summed E-state index contributed by atoms with van der Waals surface area (Å²) < 4.78 is 5.31. The van der Waals surface area contributed by atoms with Crippen LogP contribution in [0.2, 0.25) is 0 Å². The number of carbonyl (C=O) groups excluding carboxylic acids is 3. The molecule has 0 spiro atoms. The number of rotatable bonds is 8. The summed E-state index contributed by atoms with van der Waals surface area (Å²) in [5.74, 6) is -0.792. The maximum Gasteiger partial charge on any atom is 0.247 e. The number of para-hydroxylation sites is 3. The van der Waals surface area contributed by atoms with Crippen molar-refractivity contribution in [3.8, 4) is 5.75 Å². The first-order valence-electron chi connectivity index (χ1n) is 15.6. The molecule has 9 heteroatoms. The highest BCUT2D eigenvalue weighted by molar-refractivity contribution is 6.21. The normalized spacial score (nSPS) is 23.3. The number of carbonyl (C=O) groups is 3. The summed E-state index contributed by atoms with van der Waals surface area (Å²) in [7, 11) is 1.60. The van der Waals surface area contributed by atoms with Gasteiger partial charge in [0.15, 0.2) is 0 Å². The van der Waals surface area contributed by atoms with Crippen LogP contribution in [0.25, 0.3) is 0 Å². The molecule has 2 heterocycles. The van der Waals surface area contributed by atoms with E-state index in [1.165, 1.54) is 11.3 Å². The van der Waals surface area contributed by atoms with Gasteiger partial charge in [-0.3, -0.25) is 30.1 Å². The zero-order valence-electron chi connectivity index (χ0n) is 25.6. The fraction of sp³-hybridized carbons (Fsp3) is 0.400. The molecular formula is C35H41N5O4. The van der Waals surface area contributed by atoms with Gasteiger partial charge < -0.3 is 14.5 Å². The predicted octanol–water partition coefficient (Wildman–Crippen LogP) is 5.19. The van der Waals surface area contributed by atoms with Gasteiger partial charge in [-0.2, -0.15) is 0 Å². The maximum absolute atomic E-state index is 14.6. The lowest BCUT2D eigenvalue weighted by Crippen LogP contribution is -2.49. The highest BCUT2D eigenvalue weighted by Crippen LogP contribution is 2.41. The second kappa shape index (κ2) is 12.8. The minimum Gasteiger partial charge on any atom is -0.497 e. The number of anilines is 4. The Morgan fingerprint density at radius 1 is 0.886 bits per heavy atom. The van der Waals surface area contributed by atoms with Gasteiger partial charge in [-0.05, 0) is 87.6 Å². The first kappa shape index (κ1) is 29.8. The van der Waals surface area contributed by atoms with Crippen molar-refractivity contribution in [2.24, 2.45) is 11.8 Å². The molecule has 1 saturated carbocycles. The maximum atomic E-state index is 14.6. The summed E-state index contributed by atoms with van der Waals surface area (Å²) in [4.78, 5) is 48.2. The quantitative estimate of drug-likeness (QED) is 0.348. The number of hydrogen-bond acceptors (Lipinski definition) is 6. The van der Waals surface area contributed by atoms with Crippen LogP contribution in [0.3, 0.4) is 0 Å². The van der Waals surface area contributed by atoms with Crippen molar-refractivity contribution in [1.82, 2.24) is 10.9 Å². The first-order valence-corrected chi connectivity index (χ1v) is 15.6. The van der Waals surface area contributed by atoms with Gasteiger partial charge in [0.1, 0.15) is 18.2 Å². The Morgan fingerprint density at radius 2 is 1.57 bits per heavy atom. The zero-order chi connectivity index (χ0) is 30.8. The molecule has 3 amide bonds. The van der Waals surface area contributed by atoms with Crippen LogP contribution in [0.5, 0.6) is 5.75 Å². The summed E-state index contributed by atoms with van der Waals surface area (Å²) in [6.45, 7) is 3.70. The summed E-state index contributed by atoms with van der Waals surface area (Å²) in [6.07, 6.45) is 4.81. The Kier molecular flexibility index (Phi) is 8.68. The molecule has 44 heavy (non-hydrogen) atoms. The molecule has 4 atom stereocenters. The van der Waals surface area contributed by atoms with E-state index < -0.39 is 5.92 Å². The van der Waals surface area contributed by atoms with E-state index in [4.69, 9.17) is 4.74 Å². The number of nitrogens with one attached hydrogen (secondary N) is 2. The molecule has 1 saturated heterocycles. The summed E-state index contributed by atoms with van der Waals surface area (Å²) in [6, 6.07) is 24.3. The molecule has 0 radical (unpaired) electrons. The van der Waals surface area contributed by atoms with Crippen molar-refractivity contribution in [3.63, 3.8) is 0 Å². The highest BCUT2D eigenvalue weighted by Gasteiger charge is 2.46. The second-order valence-electron chi connectivity index (χ2n) is 12.2. The van der Waals surface area contributed by atoms with E-state index in [9.17, 15) is 14.4 Å². The number of methoxy groups -OCH3 is 1. The Bertz CT molecular complexity index is 1490. The van der Waals surface area contributed by atoms with Crippen molar-refractivity contribution >= 4 is 40.5 Å². The Hall–Kier alpha value is -4.21. The summed E-state index contributed by atoms with van der Waals surface area (Å²) in [5.41, 5.74) is 9.38. The van der Waals surface area contributed by atoms with Crippen LogP contribution in [0.1, 0.15) is 46.0 Å². The van der Waals surface area contributed by atoms with E-state index in [1.54, 1.807) is 16.9 Å². The Morgan fingerprint density at radius 3 is 2.27 bits per heavy atom. The third-order valence-electron chi connectivity index (χ3n) is 9.22. The van der Waals surface area contributed by atoms with Gasteiger partial charge >= 0.3 is 0 Å². The third kappa shape index (κ3) is 5.69. The molecule has 6 rings (SSSR count). The number of hydrazine groups is 1. The molecule has 2 fully saturated rings. The minimum atomic E-state index is -0.969. The average molecular weight is 596 g/mol. The van der Waals surface area contributed by atoms with Crippen LogP contribution in [-0.2, 0) is 14.4 Å². The largest absolute Gasteiger partial charge is 0.497 e. The SMILES string of the molecule is COc1ccc(N(C(=O)CN2C(=O)C(CC3NNC4CCCCC43)C(=O)N(c3ccccc3)c3ccccc32)C(C)C)cc1. The summed E-state index contributed by atoms with van der Waals surface area (Å²) in [5, 5.41) is 0. The Labute approximate surface area is 259 Å². The van der Waals surface area contributed by atoms with Crippen LogP contribution in [0, 0.1) is 11.8 Å². The third-order valence-corrected chi connectivity index (χ3v) is 9.22. The van der Waals surface area contributed by atoms with E-state index in [-0.39, 0.29) is 36.3 Å². The molecule has 4 unspecified atom stereocenters.